The van der Waals surface area contributed by atoms with E-state index in [1.54, 1.807) is 17.2 Å². The van der Waals surface area contributed by atoms with Crippen molar-refractivity contribution in [1.29, 1.82) is 0 Å². The number of rotatable bonds is 7. The van der Waals surface area contributed by atoms with Gasteiger partial charge in [-0.15, -0.1) is 0 Å². The number of imidazole rings is 1. The van der Waals surface area contributed by atoms with Crippen LogP contribution in [0, 0.1) is 0 Å². The van der Waals surface area contributed by atoms with Crippen LogP contribution in [-0.4, -0.2) is 92.0 Å². The van der Waals surface area contributed by atoms with Crippen molar-refractivity contribution < 1.29 is 22.8 Å². The normalized spacial score (nSPS) is 27.6. The number of nitrogens with zero attached hydrogens (tertiary/aromatic N) is 6. The molecule has 2 aromatic rings. The molecule has 4 atom stereocenters. The fourth-order valence-corrected chi connectivity index (χ4v) is 16.9. The van der Waals surface area contributed by atoms with E-state index in [1.807, 2.05) is 19.0 Å². The van der Waals surface area contributed by atoms with Gasteiger partial charge in [0, 0.05) is 14.1 Å². The summed E-state index contributed by atoms with van der Waals surface area (Å²) in [5, 5.41) is 11.7. The van der Waals surface area contributed by atoms with Gasteiger partial charge >= 0.3 is 17.1 Å². The molecule has 0 radical (unpaired) electrons. The van der Waals surface area contributed by atoms with Crippen LogP contribution in [-0.2, 0) is 17.7 Å². The first-order valence-electron chi connectivity index (χ1n) is 13.6. The Labute approximate surface area is 228 Å². The number of hydrogen-bond donors (Lipinski definition) is 1. The third-order valence-corrected chi connectivity index (χ3v) is 17.9. The van der Waals surface area contributed by atoms with Crippen LogP contribution in [0.25, 0.3) is 11.2 Å². The molecule has 2 saturated heterocycles. The van der Waals surface area contributed by atoms with Crippen LogP contribution in [0.2, 0.25) is 22.2 Å². The monoisotopic (exact) mass is 564 g/mol. The van der Waals surface area contributed by atoms with Gasteiger partial charge in [-0.3, -0.25) is 4.57 Å². The topological polar surface area (TPSA) is 116 Å². The second-order valence-corrected chi connectivity index (χ2v) is 20.7. The molecule has 13 heteroatoms. The summed E-state index contributed by atoms with van der Waals surface area (Å²) in [6.07, 6.45) is 1.95. The summed E-state index contributed by atoms with van der Waals surface area (Å²) in [4.78, 5) is 19.5. The molecule has 4 heterocycles. The average molecular weight is 565 g/mol. The van der Waals surface area contributed by atoms with Crippen molar-refractivity contribution >= 4 is 40.4 Å². The zero-order valence-corrected chi connectivity index (χ0v) is 26.3. The summed E-state index contributed by atoms with van der Waals surface area (Å²) in [5.41, 5.74) is 1.82. The predicted octanol–water partition coefficient (Wildman–Crippen LogP) is 4.26. The highest BCUT2D eigenvalue weighted by molar-refractivity contribution is 6.84. The third-order valence-electron chi connectivity index (χ3n) is 7.67. The average Bonchev–Trinajstić information content (AvgIpc) is 3.38. The molecule has 0 aromatic carbocycles. The first-order valence-corrected chi connectivity index (χ1v) is 17.5. The van der Waals surface area contributed by atoms with E-state index in [2.05, 4.69) is 75.3 Å². The lowest BCUT2D eigenvalue weighted by Crippen LogP contribution is -2.65. The first-order chi connectivity index (χ1) is 17.8. The van der Waals surface area contributed by atoms with Crippen LogP contribution in [0.1, 0.15) is 61.6 Å². The summed E-state index contributed by atoms with van der Waals surface area (Å²) in [6.45, 7) is 17.7. The second kappa shape index (κ2) is 11.0. The lowest BCUT2D eigenvalue weighted by Gasteiger charge is -2.51. The Morgan fingerprint density at radius 2 is 1.63 bits per heavy atom. The molecule has 0 aliphatic carbocycles. The minimum Gasteiger partial charge on any atom is -0.414 e. The molecule has 4 rings (SSSR count). The van der Waals surface area contributed by atoms with Gasteiger partial charge in [-0.1, -0.05) is 55.4 Å². The lowest BCUT2D eigenvalue weighted by molar-refractivity contribution is -0.0570. The minimum atomic E-state index is -2.88. The first kappa shape index (κ1) is 29.2. The highest BCUT2D eigenvalue weighted by Gasteiger charge is 2.61. The molecule has 0 saturated carbocycles. The Kier molecular flexibility index (Phi) is 8.48. The third kappa shape index (κ3) is 4.98. The van der Waals surface area contributed by atoms with E-state index in [0.717, 1.165) is 0 Å². The molecule has 11 nitrogen and oxygen atoms in total. The molecule has 2 aliphatic rings. The maximum absolute atomic E-state index is 11.7. The van der Waals surface area contributed by atoms with Crippen LogP contribution in [0.15, 0.2) is 17.6 Å². The van der Waals surface area contributed by atoms with Crippen molar-refractivity contribution in [3.8, 4) is 0 Å². The van der Waals surface area contributed by atoms with Crippen molar-refractivity contribution in [3.63, 3.8) is 0 Å². The maximum Gasteiger partial charge on any atom is 0.335 e. The van der Waals surface area contributed by atoms with Gasteiger partial charge in [0.15, 0.2) is 23.2 Å². The predicted molar refractivity (Wildman–Crippen MR) is 151 cm³/mol. The van der Waals surface area contributed by atoms with Crippen LogP contribution < -0.4 is 0 Å². The second-order valence-electron chi connectivity index (χ2n) is 11.8. The zero-order valence-electron chi connectivity index (χ0n) is 24.3. The molecule has 1 N–H and O–H groups in total. The van der Waals surface area contributed by atoms with E-state index in [9.17, 15) is 5.11 Å². The molecule has 0 amide bonds. The highest BCUT2D eigenvalue weighted by Crippen LogP contribution is 2.48. The molecule has 0 unspecified atom stereocenters. The summed E-state index contributed by atoms with van der Waals surface area (Å²) in [5.74, 6) is 0.449. The van der Waals surface area contributed by atoms with Crippen molar-refractivity contribution in [2.24, 2.45) is 4.99 Å². The van der Waals surface area contributed by atoms with E-state index in [4.69, 9.17) is 17.7 Å². The van der Waals surface area contributed by atoms with Gasteiger partial charge in [0.1, 0.15) is 24.6 Å². The SMILES string of the molecule is CC(C)[Si]1(C(C)C)OC[C@H]2O[C@@H](n3cnc4c(/N=C/N(C)C)ncnc43)[C@H](O)[C@@H]2O[Si](C(C)C)(C(C)C)O1. The Morgan fingerprint density at radius 1 is 1.00 bits per heavy atom. The largest absolute Gasteiger partial charge is 0.414 e. The van der Waals surface area contributed by atoms with Crippen LogP contribution in [0.4, 0.5) is 5.82 Å². The van der Waals surface area contributed by atoms with Crippen LogP contribution in [0.3, 0.4) is 0 Å². The van der Waals surface area contributed by atoms with E-state index in [0.29, 0.717) is 23.6 Å². The van der Waals surface area contributed by atoms with Crippen LogP contribution >= 0.6 is 0 Å². The van der Waals surface area contributed by atoms with Gasteiger partial charge in [-0.25, -0.2) is 19.9 Å². The molecule has 2 fully saturated rings. The standard InChI is InChI=1S/C25H44N6O5Si2/c1-15(2)37(16(3)4)33-11-19-22(35-38(36-37,17(5)6)18(7)8)21(32)25(34-19)31-14-28-20-23(29-13-30(9)10)26-12-27-24(20)31/h12-19,21-22,25,32H,11H2,1-10H3/b29-13+/t19-,21-,22-,25-/m1/s1. The fraction of sp³-hybridized carbons (Fsp3) is 0.760. The molecule has 2 aromatic heterocycles. The van der Waals surface area contributed by atoms with Gasteiger partial charge in [0.25, 0.3) is 0 Å². The Bertz CT molecular complexity index is 1120. The van der Waals surface area contributed by atoms with Gasteiger partial charge in [0.2, 0.25) is 0 Å². The number of ether oxygens (including phenoxy) is 1. The Morgan fingerprint density at radius 3 is 2.21 bits per heavy atom. The van der Waals surface area contributed by atoms with Crippen molar-refractivity contribution in [3.05, 3.63) is 12.7 Å². The smallest absolute Gasteiger partial charge is 0.335 e. The molecule has 38 heavy (non-hydrogen) atoms. The summed E-state index contributed by atoms with van der Waals surface area (Å²) in [6, 6.07) is 0. The molecular formula is C25H44N6O5Si2. The molecule has 0 bridgehead atoms. The van der Waals surface area contributed by atoms with Gasteiger partial charge in [0.05, 0.1) is 19.3 Å². The van der Waals surface area contributed by atoms with E-state index >= 15 is 0 Å². The van der Waals surface area contributed by atoms with Gasteiger partial charge < -0.3 is 27.7 Å². The number of aromatic nitrogens is 4. The fourth-order valence-electron chi connectivity index (χ4n) is 5.66. The molecule has 212 valence electrons. The van der Waals surface area contributed by atoms with Gasteiger partial charge in [-0.05, 0) is 22.2 Å². The van der Waals surface area contributed by atoms with E-state index < -0.39 is 41.7 Å². The Hall–Kier alpha value is -1.75. The van der Waals surface area contributed by atoms with Crippen molar-refractivity contribution in [2.45, 2.75) is 102 Å². The summed E-state index contributed by atoms with van der Waals surface area (Å²) >= 11 is 0. The minimum absolute atomic E-state index is 0.152. The molecule has 0 spiro atoms. The maximum atomic E-state index is 11.7. The lowest BCUT2D eigenvalue weighted by atomic mass is 10.1. The number of aliphatic hydroxyl groups is 1. The van der Waals surface area contributed by atoms with E-state index in [1.165, 1.54) is 6.33 Å². The highest BCUT2D eigenvalue weighted by atomic mass is 28.5. The number of aliphatic hydroxyl groups excluding tert-OH is 1. The molecular weight excluding hydrogens is 520 g/mol. The number of hydrogen-bond acceptors (Lipinski definition) is 9. The number of aliphatic imine (C=N–C) groups is 1. The summed E-state index contributed by atoms with van der Waals surface area (Å²) < 4.78 is 29.3. The Balaban J connectivity index is 1.75. The van der Waals surface area contributed by atoms with Crippen molar-refractivity contribution in [1.82, 2.24) is 24.4 Å². The summed E-state index contributed by atoms with van der Waals surface area (Å²) in [7, 11) is -1.82. The van der Waals surface area contributed by atoms with Gasteiger partial charge in [-0.2, -0.15) is 0 Å². The van der Waals surface area contributed by atoms with Crippen molar-refractivity contribution in [2.75, 3.05) is 20.7 Å². The van der Waals surface area contributed by atoms with Crippen LogP contribution in [0.5, 0.6) is 0 Å². The molecule has 2 aliphatic heterocycles. The number of fused-ring (bicyclic) bond motifs is 2. The quantitative estimate of drug-likeness (QED) is 0.299. The van der Waals surface area contributed by atoms with E-state index in [-0.39, 0.29) is 22.2 Å². The zero-order chi connectivity index (χ0) is 28.0.